The maximum Gasteiger partial charge on any atom is 0.335 e. The molecule has 2 N–H and O–H groups in total. The summed E-state index contributed by atoms with van der Waals surface area (Å²) in [6, 6.07) is 10.2. The van der Waals surface area contributed by atoms with Gasteiger partial charge in [-0.25, -0.2) is 9.18 Å². The highest BCUT2D eigenvalue weighted by Gasteiger charge is 2.11. The number of halogens is 1. The van der Waals surface area contributed by atoms with Crippen molar-refractivity contribution in [3.8, 4) is 11.1 Å². The first-order valence-electron chi connectivity index (χ1n) is 6.44. The molecule has 0 aromatic heterocycles. The number of aromatic carboxylic acids is 1. The molecule has 0 radical (unpaired) electrons. The molecule has 0 aliphatic heterocycles. The Morgan fingerprint density at radius 1 is 1.14 bits per heavy atom. The maximum absolute atomic E-state index is 14.0. The van der Waals surface area contributed by atoms with Crippen LogP contribution in [0.2, 0.25) is 0 Å². The minimum Gasteiger partial charge on any atom is -0.478 e. The summed E-state index contributed by atoms with van der Waals surface area (Å²) in [6.45, 7) is 2.32. The van der Waals surface area contributed by atoms with Crippen LogP contribution in [0.5, 0.6) is 0 Å². The van der Waals surface area contributed by atoms with E-state index < -0.39 is 11.8 Å². The zero-order valence-corrected chi connectivity index (χ0v) is 11.4. The fourth-order valence-electron chi connectivity index (χ4n) is 1.97. The lowest BCUT2D eigenvalue weighted by Gasteiger charge is -2.07. The van der Waals surface area contributed by atoms with E-state index in [1.54, 1.807) is 24.3 Å². The van der Waals surface area contributed by atoms with Crippen molar-refractivity contribution < 1.29 is 19.1 Å². The fourth-order valence-corrected chi connectivity index (χ4v) is 1.97. The quantitative estimate of drug-likeness (QED) is 0.908. The van der Waals surface area contributed by atoms with E-state index in [1.807, 2.05) is 6.92 Å². The van der Waals surface area contributed by atoms with Crippen molar-refractivity contribution in [2.24, 2.45) is 0 Å². The molecule has 4 nitrogen and oxygen atoms in total. The van der Waals surface area contributed by atoms with Crippen molar-refractivity contribution >= 4 is 11.9 Å². The summed E-state index contributed by atoms with van der Waals surface area (Å²) in [5, 5.41) is 11.5. The first kappa shape index (κ1) is 14.7. The van der Waals surface area contributed by atoms with Gasteiger partial charge in [0, 0.05) is 17.7 Å². The Morgan fingerprint density at radius 2 is 1.90 bits per heavy atom. The monoisotopic (exact) mass is 287 g/mol. The third-order valence-electron chi connectivity index (χ3n) is 2.99. The van der Waals surface area contributed by atoms with Gasteiger partial charge in [-0.2, -0.15) is 0 Å². The van der Waals surface area contributed by atoms with Gasteiger partial charge in [0.1, 0.15) is 5.82 Å². The van der Waals surface area contributed by atoms with Crippen LogP contribution in [0.15, 0.2) is 42.5 Å². The predicted octanol–water partition coefficient (Wildman–Crippen LogP) is 2.94. The summed E-state index contributed by atoms with van der Waals surface area (Å²) in [4.78, 5) is 22.6. The summed E-state index contributed by atoms with van der Waals surface area (Å²) < 4.78 is 14.0. The molecule has 0 fully saturated rings. The Balaban J connectivity index is 2.40. The minimum atomic E-state index is -1.18. The Kier molecular flexibility index (Phi) is 4.33. The molecule has 0 heterocycles. The van der Waals surface area contributed by atoms with Crippen LogP contribution in [0, 0.1) is 5.82 Å². The van der Waals surface area contributed by atoms with Crippen LogP contribution in [0.4, 0.5) is 4.39 Å². The Morgan fingerprint density at radius 3 is 2.52 bits per heavy atom. The molecule has 0 saturated heterocycles. The lowest BCUT2D eigenvalue weighted by atomic mass is 10.0. The Labute approximate surface area is 121 Å². The normalized spacial score (nSPS) is 10.2. The number of carboxylic acids is 1. The summed E-state index contributed by atoms with van der Waals surface area (Å²) in [7, 11) is 0. The molecule has 0 bridgehead atoms. The molecular weight excluding hydrogens is 273 g/mol. The van der Waals surface area contributed by atoms with E-state index in [9.17, 15) is 14.0 Å². The van der Waals surface area contributed by atoms with E-state index in [0.29, 0.717) is 17.7 Å². The van der Waals surface area contributed by atoms with E-state index in [0.717, 1.165) is 6.07 Å². The zero-order valence-electron chi connectivity index (χ0n) is 11.4. The highest BCUT2D eigenvalue weighted by atomic mass is 19.1. The largest absolute Gasteiger partial charge is 0.478 e. The number of nitrogens with one attached hydrogen (secondary N) is 1. The third-order valence-corrected chi connectivity index (χ3v) is 2.99. The number of amides is 1. The van der Waals surface area contributed by atoms with Crippen LogP contribution in [0.3, 0.4) is 0 Å². The van der Waals surface area contributed by atoms with Gasteiger partial charge >= 0.3 is 5.97 Å². The standard InChI is InChI=1S/C16H14FNO3/c1-2-18-15(19)11-5-3-4-10(8-11)13-7-6-12(16(20)21)9-14(13)17/h3-9H,2H2,1H3,(H,18,19)(H,20,21). The summed E-state index contributed by atoms with van der Waals surface area (Å²) in [5.74, 6) is -2.05. The second kappa shape index (κ2) is 6.17. The van der Waals surface area contributed by atoms with Gasteiger partial charge in [0.05, 0.1) is 5.56 Å². The number of rotatable bonds is 4. The summed E-state index contributed by atoms with van der Waals surface area (Å²) >= 11 is 0. The van der Waals surface area contributed by atoms with Gasteiger partial charge in [-0.1, -0.05) is 18.2 Å². The van der Waals surface area contributed by atoms with Crippen molar-refractivity contribution in [3.05, 3.63) is 59.4 Å². The van der Waals surface area contributed by atoms with Crippen molar-refractivity contribution in [2.75, 3.05) is 6.54 Å². The smallest absolute Gasteiger partial charge is 0.335 e. The van der Waals surface area contributed by atoms with Crippen LogP contribution in [-0.2, 0) is 0 Å². The van der Waals surface area contributed by atoms with Gasteiger partial charge in [0.25, 0.3) is 5.91 Å². The Hall–Kier alpha value is -2.69. The van der Waals surface area contributed by atoms with Crippen LogP contribution < -0.4 is 5.32 Å². The number of carboxylic acid groups (broad SMARTS) is 1. The first-order valence-corrected chi connectivity index (χ1v) is 6.44. The molecule has 5 heteroatoms. The van der Waals surface area contributed by atoms with Crippen molar-refractivity contribution in [3.63, 3.8) is 0 Å². The number of benzene rings is 2. The zero-order chi connectivity index (χ0) is 15.4. The molecular formula is C16H14FNO3. The molecule has 0 aliphatic carbocycles. The first-order chi connectivity index (χ1) is 10.0. The SMILES string of the molecule is CCNC(=O)c1cccc(-c2ccc(C(=O)O)cc2F)c1. The molecule has 1 amide bonds. The van der Waals surface area contributed by atoms with Gasteiger partial charge < -0.3 is 10.4 Å². The molecule has 2 rings (SSSR count). The van der Waals surface area contributed by atoms with E-state index in [1.165, 1.54) is 12.1 Å². The number of carbonyl (C=O) groups excluding carboxylic acids is 1. The van der Waals surface area contributed by atoms with Crippen LogP contribution in [0.25, 0.3) is 11.1 Å². The van der Waals surface area contributed by atoms with E-state index in [4.69, 9.17) is 5.11 Å². The van der Waals surface area contributed by atoms with Gasteiger partial charge in [-0.05, 0) is 36.8 Å². The average molecular weight is 287 g/mol. The Bertz CT molecular complexity index is 698. The van der Waals surface area contributed by atoms with Crippen molar-refractivity contribution in [1.29, 1.82) is 0 Å². The highest BCUT2D eigenvalue weighted by molar-refractivity contribution is 5.95. The van der Waals surface area contributed by atoms with Crippen LogP contribution in [0.1, 0.15) is 27.6 Å². The molecule has 21 heavy (non-hydrogen) atoms. The predicted molar refractivity (Wildman–Crippen MR) is 76.8 cm³/mol. The minimum absolute atomic E-state index is 0.115. The molecule has 0 atom stereocenters. The second-order valence-electron chi connectivity index (χ2n) is 4.44. The number of hydrogen-bond acceptors (Lipinski definition) is 2. The lowest BCUT2D eigenvalue weighted by Crippen LogP contribution is -2.22. The van der Waals surface area contributed by atoms with E-state index in [-0.39, 0.29) is 17.0 Å². The molecule has 2 aromatic carbocycles. The van der Waals surface area contributed by atoms with Gasteiger partial charge in [-0.3, -0.25) is 4.79 Å². The van der Waals surface area contributed by atoms with E-state index in [2.05, 4.69) is 5.32 Å². The molecule has 0 spiro atoms. The molecule has 0 unspecified atom stereocenters. The third kappa shape index (κ3) is 3.25. The van der Waals surface area contributed by atoms with Crippen LogP contribution in [-0.4, -0.2) is 23.5 Å². The van der Waals surface area contributed by atoms with Crippen LogP contribution >= 0.6 is 0 Å². The van der Waals surface area contributed by atoms with Gasteiger partial charge in [0.15, 0.2) is 0 Å². The second-order valence-corrected chi connectivity index (χ2v) is 4.44. The van der Waals surface area contributed by atoms with E-state index >= 15 is 0 Å². The fraction of sp³-hybridized carbons (Fsp3) is 0.125. The van der Waals surface area contributed by atoms with Crippen molar-refractivity contribution in [2.45, 2.75) is 6.92 Å². The van der Waals surface area contributed by atoms with Crippen molar-refractivity contribution in [1.82, 2.24) is 5.32 Å². The summed E-state index contributed by atoms with van der Waals surface area (Å²) in [5.41, 5.74) is 1.09. The summed E-state index contributed by atoms with van der Waals surface area (Å²) in [6.07, 6.45) is 0. The lowest BCUT2D eigenvalue weighted by molar-refractivity contribution is 0.0696. The van der Waals surface area contributed by atoms with Gasteiger partial charge in [0.2, 0.25) is 0 Å². The highest BCUT2D eigenvalue weighted by Crippen LogP contribution is 2.24. The maximum atomic E-state index is 14.0. The number of carbonyl (C=O) groups is 2. The molecule has 0 aliphatic rings. The molecule has 108 valence electrons. The topological polar surface area (TPSA) is 66.4 Å². The number of hydrogen-bond donors (Lipinski definition) is 2. The average Bonchev–Trinajstić information content (AvgIpc) is 2.47. The molecule has 0 saturated carbocycles. The van der Waals surface area contributed by atoms with Gasteiger partial charge in [-0.15, -0.1) is 0 Å². The molecule has 2 aromatic rings.